The van der Waals surface area contributed by atoms with Gasteiger partial charge in [0.2, 0.25) is 0 Å². The highest BCUT2D eigenvalue weighted by Crippen LogP contribution is 2.24. The summed E-state index contributed by atoms with van der Waals surface area (Å²) in [5.41, 5.74) is 6.95. The van der Waals surface area contributed by atoms with Gasteiger partial charge in [-0.1, -0.05) is 30.3 Å². The molecule has 5 N–H and O–H groups in total. The van der Waals surface area contributed by atoms with E-state index in [2.05, 4.69) is 5.32 Å². The van der Waals surface area contributed by atoms with Crippen molar-refractivity contribution in [2.24, 2.45) is 11.6 Å². The maximum absolute atomic E-state index is 14.2. The van der Waals surface area contributed by atoms with Crippen LogP contribution in [0.1, 0.15) is 48.7 Å². The van der Waals surface area contributed by atoms with Gasteiger partial charge >= 0.3 is 5.97 Å². The van der Waals surface area contributed by atoms with Gasteiger partial charge in [-0.2, -0.15) is 0 Å². The van der Waals surface area contributed by atoms with Crippen LogP contribution in [0.2, 0.25) is 0 Å². The lowest BCUT2D eigenvalue weighted by molar-refractivity contribution is -0.144. The zero-order valence-electron chi connectivity index (χ0n) is 18.0. The van der Waals surface area contributed by atoms with E-state index >= 15 is 0 Å². The molecule has 0 aliphatic rings. The van der Waals surface area contributed by atoms with Gasteiger partial charge in [-0.15, -0.1) is 0 Å². The molecule has 2 rings (SSSR count). The zero-order valence-corrected chi connectivity index (χ0v) is 18.0. The number of benzene rings is 2. The second-order valence-electron chi connectivity index (χ2n) is 7.97. The average molecular weight is 429 g/mol. The van der Waals surface area contributed by atoms with Crippen LogP contribution in [0, 0.1) is 5.82 Å². The molecule has 0 saturated carbocycles. The Balaban J connectivity index is 1.96. The van der Waals surface area contributed by atoms with Crippen LogP contribution >= 0.6 is 0 Å². The first kappa shape index (κ1) is 23.9. The maximum atomic E-state index is 14.2. The number of esters is 1. The third-order valence-electron chi connectivity index (χ3n) is 4.45. The van der Waals surface area contributed by atoms with Crippen LogP contribution in [-0.2, 0) is 16.1 Å². The van der Waals surface area contributed by atoms with Crippen molar-refractivity contribution < 1.29 is 18.7 Å². The van der Waals surface area contributed by atoms with Crippen LogP contribution in [0.5, 0.6) is 0 Å². The molecule has 0 aromatic heterocycles. The highest BCUT2D eigenvalue weighted by atomic mass is 19.1. The molecule has 1 amide bonds. The number of halogens is 1. The van der Waals surface area contributed by atoms with Gasteiger partial charge in [-0.05, 0) is 44.5 Å². The van der Waals surface area contributed by atoms with E-state index in [9.17, 15) is 14.0 Å². The van der Waals surface area contributed by atoms with Crippen molar-refractivity contribution in [2.75, 3.05) is 6.54 Å². The number of hydrogen-bond acceptors (Lipinski definition) is 6. The summed E-state index contributed by atoms with van der Waals surface area (Å²) >= 11 is 0. The highest BCUT2D eigenvalue weighted by Gasteiger charge is 2.22. The van der Waals surface area contributed by atoms with Crippen molar-refractivity contribution in [1.82, 2.24) is 10.3 Å². The van der Waals surface area contributed by atoms with Crippen molar-refractivity contribution in [3.63, 3.8) is 0 Å². The van der Waals surface area contributed by atoms with Gasteiger partial charge in [-0.3, -0.25) is 9.59 Å². The Morgan fingerprint density at radius 3 is 2.39 bits per heavy atom. The van der Waals surface area contributed by atoms with E-state index in [-0.39, 0.29) is 25.1 Å². The predicted molar refractivity (Wildman–Crippen MR) is 118 cm³/mol. The van der Waals surface area contributed by atoms with Gasteiger partial charge in [0, 0.05) is 29.4 Å². The molecule has 166 valence electrons. The molecule has 0 radical (unpaired) electrons. The van der Waals surface area contributed by atoms with Gasteiger partial charge in [0.15, 0.2) is 0 Å². The molecule has 0 saturated heterocycles. The third-order valence-corrected chi connectivity index (χ3v) is 4.45. The standard InChI is InChI=1S/C23H29FN4O3/c1-23(2,3)28(26)20(14-25)17-11-18(13-19(24)12-17)22(30)27-10-9-21(29)31-15-16-7-5-4-6-8-16/h4-8,11-14H,9-10,15,25-26H2,1-3H3,(H,27,30)/b20-14-. The van der Waals surface area contributed by atoms with E-state index in [0.29, 0.717) is 11.3 Å². The number of carbonyl (C=O) groups excluding carboxylic acids is 2. The number of rotatable bonds is 8. The summed E-state index contributed by atoms with van der Waals surface area (Å²) in [6.07, 6.45) is 1.26. The van der Waals surface area contributed by atoms with Crippen LogP contribution in [-0.4, -0.2) is 29.0 Å². The summed E-state index contributed by atoms with van der Waals surface area (Å²) in [5.74, 6) is 4.54. The SMILES string of the molecule is CC(C)(C)N(N)/C(=C\N)c1cc(F)cc(C(=O)NCCC(=O)OCc2ccccc2)c1. The summed E-state index contributed by atoms with van der Waals surface area (Å²) in [5, 5.41) is 4.01. The molecule has 2 aromatic carbocycles. The summed E-state index contributed by atoms with van der Waals surface area (Å²) in [7, 11) is 0. The molecule has 7 nitrogen and oxygen atoms in total. The topological polar surface area (TPSA) is 111 Å². The van der Waals surface area contributed by atoms with Crippen LogP contribution < -0.4 is 16.9 Å². The summed E-state index contributed by atoms with van der Waals surface area (Å²) in [6, 6.07) is 13.1. The first-order valence-corrected chi connectivity index (χ1v) is 9.87. The van der Waals surface area contributed by atoms with E-state index in [1.165, 1.54) is 23.3 Å². The zero-order chi connectivity index (χ0) is 23.0. The highest BCUT2D eigenvalue weighted by molar-refractivity contribution is 5.95. The van der Waals surface area contributed by atoms with Gasteiger partial charge in [0.25, 0.3) is 5.91 Å². The maximum Gasteiger partial charge on any atom is 0.307 e. The minimum absolute atomic E-state index is 0.00466. The largest absolute Gasteiger partial charge is 0.461 e. The minimum Gasteiger partial charge on any atom is -0.461 e. The molecule has 0 fully saturated rings. The lowest BCUT2D eigenvalue weighted by atomic mass is 10.0. The molecule has 0 aliphatic carbocycles. The minimum atomic E-state index is -0.605. The van der Waals surface area contributed by atoms with Crippen LogP contribution in [0.15, 0.2) is 54.7 Å². The normalized spacial score (nSPS) is 11.7. The van der Waals surface area contributed by atoms with Gasteiger partial charge < -0.3 is 20.8 Å². The number of ether oxygens (including phenoxy) is 1. The predicted octanol–water partition coefficient (Wildman–Crippen LogP) is 2.92. The molecule has 0 heterocycles. The first-order valence-electron chi connectivity index (χ1n) is 9.87. The lowest BCUT2D eigenvalue weighted by Crippen LogP contribution is -2.45. The monoisotopic (exact) mass is 428 g/mol. The fraction of sp³-hybridized carbons (Fsp3) is 0.304. The Kier molecular flexibility index (Phi) is 8.15. The Morgan fingerprint density at radius 2 is 1.77 bits per heavy atom. The Bertz CT molecular complexity index is 940. The van der Waals surface area contributed by atoms with E-state index in [4.69, 9.17) is 16.3 Å². The van der Waals surface area contributed by atoms with E-state index in [0.717, 1.165) is 11.6 Å². The van der Waals surface area contributed by atoms with E-state index < -0.39 is 23.2 Å². The quantitative estimate of drug-likeness (QED) is 0.339. The number of nitrogens with zero attached hydrogens (tertiary/aromatic N) is 1. The van der Waals surface area contributed by atoms with Crippen molar-refractivity contribution in [1.29, 1.82) is 0 Å². The summed E-state index contributed by atoms with van der Waals surface area (Å²) in [4.78, 5) is 24.3. The molecule has 8 heteroatoms. The van der Waals surface area contributed by atoms with Gasteiger partial charge in [-0.25, -0.2) is 10.2 Å². The molecule has 0 atom stereocenters. The molecule has 2 aromatic rings. The lowest BCUT2D eigenvalue weighted by Gasteiger charge is -2.35. The van der Waals surface area contributed by atoms with Gasteiger partial charge in [0.1, 0.15) is 12.4 Å². The number of carbonyl (C=O) groups is 2. The summed E-state index contributed by atoms with van der Waals surface area (Å²) < 4.78 is 19.3. The van der Waals surface area contributed by atoms with E-state index in [1.54, 1.807) is 0 Å². The molecule has 0 unspecified atom stereocenters. The fourth-order valence-electron chi connectivity index (χ4n) is 2.74. The Hall–Kier alpha value is -3.39. The second kappa shape index (κ2) is 10.6. The van der Waals surface area contributed by atoms with Gasteiger partial charge in [0.05, 0.1) is 12.1 Å². The first-order chi connectivity index (χ1) is 14.6. The second-order valence-corrected chi connectivity index (χ2v) is 7.97. The molecule has 0 aliphatic heterocycles. The van der Waals surface area contributed by atoms with Crippen molar-refractivity contribution in [3.8, 4) is 0 Å². The van der Waals surface area contributed by atoms with Crippen LogP contribution in [0.3, 0.4) is 0 Å². The number of nitrogens with two attached hydrogens (primary N) is 2. The number of hydrogen-bond donors (Lipinski definition) is 3. The van der Waals surface area contributed by atoms with Crippen LogP contribution in [0.4, 0.5) is 4.39 Å². The van der Waals surface area contributed by atoms with Crippen molar-refractivity contribution in [2.45, 2.75) is 39.3 Å². The van der Waals surface area contributed by atoms with Crippen LogP contribution in [0.25, 0.3) is 5.70 Å². The molecule has 31 heavy (non-hydrogen) atoms. The number of nitrogens with one attached hydrogen (secondary N) is 1. The average Bonchev–Trinajstić information content (AvgIpc) is 2.72. The molecular weight excluding hydrogens is 399 g/mol. The van der Waals surface area contributed by atoms with Crippen molar-refractivity contribution in [3.05, 3.63) is 77.2 Å². The number of amides is 1. The van der Waals surface area contributed by atoms with Crippen molar-refractivity contribution >= 4 is 17.6 Å². The molecular formula is C23H29FN4O3. The smallest absolute Gasteiger partial charge is 0.307 e. The fourth-order valence-corrected chi connectivity index (χ4v) is 2.74. The third kappa shape index (κ3) is 7.11. The molecule has 0 spiro atoms. The summed E-state index contributed by atoms with van der Waals surface area (Å²) in [6.45, 7) is 5.85. The molecule has 0 bridgehead atoms. The Labute approximate surface area is 181 Å². The Morgan fingerprint density at radius 1 is 1.13 bits per heavy atom. The number of hydrazine groups is 1. The van der Waals surface area contributed by atoms with E-state index in [1.807, 2.05) is 51.1 Å².